The number of unbranched alkanes of at least 4 members (excludes halogenated alkanes) is 2. The molecule has 0 aliphatic rings. The van der Waals surface area contributed by atoms with E-state index in [4.69, 9.17) is 13.4 Å². The summed E-state index contributed by atoms with van der Waals surface area (Å²) in [5, 5.41) is 0. The molecule has 0 heterocycles. The van der Waals surface area contributed by atoms with Crippen LogP contribution in [-0.2, 0) is 22.5 Å². The number of rotatable bonds is 10. The van der Waals surface area contributed by atoms with Gasteiger partial charge < -0.3 is 9.05 Å². The summed E-state index contributed by atoms with van der Waals surface area (Å²) in [7, 11) is -6.56. The lowest BCUT2D eigenvalue weighted by molar-refractivity contribution is 0.228. The van der Waals surface area contributed by atoms with Crippen molar-refractivity contribution in [3.63, 3.8) is 0 Å². The Morgan fingerprint density at radius 2 is 1.18 bits per heavy atom. The minimum absolute atomic E-state index is 0.346. The van der Waals surface area contributed by atoms with Crippen molar-refractivity contribution in [3.05, 3.63) is 0 Å². The molecule has 0 aliphatic heterocycles. The van der Waals surface area contributed by atoms with Gasteiger partial charge >= 0.3 is 15.2 Å². The Morgan fingerprint density at radius 1 is 0.824 bits per heavy atom. The maximum absolute atomic E-state index is 11.8. The molecule has 7 heteroatoms. The Balaban J connectivity index is 4.09. The molecule has 5 nitrogen and oxygen atoms in total. The van der Waals surface area contributed by atoms with E-state index < -0.39 is 15.2 Å². The van der Waals surface area contributed by atoms with E-state index >= 15 is 0 Å². The molecule has 17 heavy (non-hydrogen) atoms. The van der Waals surface area contributed by atoms with Gasteiger partial charge in [0, 0.05) is 13.3 Å². The first-order chi connectivity index (χ1) is 7.83. The second-order valence-corrected chi connectivity index (χ2v) is 8.25. The van der Waals surface area contributed by atoms with Gasteiger partial charge in [-0.25, -0.2) is 4.31 Å². The summed E-state index contributed by atoms with van der Waals surface area (Å²) in [6.07, 6.45) is 3.48. The lowest BCUT2D eigenvalue weighted by Gasteiger charge is -2.19. The van der Waals surface area contributed by atoms with Crippen molar-refractivity contribution in [1.82, 2.24) is 0 Å². The number of hydrogen-bond acceptors (Lipinski definition) is 5. The summed E-state index contributed by atoms with van der Waals surface area (Å²) in [6, 6.07) is 0. The van der Waals surface area contributed by atoms with E-state index in [1.54, 1.807) is 0 Å². The molecule has 0 N–H and O–H groups in total. The van der Waals surface area contributed by atoms with Crippen LogP contribution in [0.2, 0.25) is 0 Å². The molecule has 0 aromatic heterocycles. The predicted molar refractivity (Wildman–Crippen MR) is 69.9 cm³/mol. The van der Waals surface area contributed by atoms with Crippen molar-refractivity contribution in [2.75, 3.05) is 26.5 Å². The zero-order valence-electron chi connectivity index (χ0n) is 11.2. The Hall–Kier alpha value is 0.340. The molecule has 0 aromatic carbocycles. The maximum Gasteiger partial charge on any atom is 0.334 e. The van der Waals surface area contributed by atoms with Crippen molar-refractivity contribution in [2.24, 2.45) is 0 Å². The molecular weight excluding hydrogens is 262 g/mol. The standard InChI is InChI=1S/C10H24O5P2/c1-5-7-9-13-16(3,11)15-17(4,12)14-10-8-6-2/h5-10H2,1-4H3. The highest BCUT2D eigenvalue weighted by molar-refractivity contribution is 7.66. The van der Waals surface area contributed by atoms with Gasteiger partial charge in [-0.15, -0.1) is 0 Å². The van der Waals surface area contributed by atoms with E-state index in [1.807, 2.05) is 13.8 Å². The summed E-state index contributed by atoms with van der Waals surface area (Å²) in [5.41, 5.74) is 0. The molecule has 0 rings (SSSR count). The monoisotopic (exact) mass is 286 g/mol. The van der Waals surface area contributed by atoms with Crippen molar-refractivity contribution in [2.45, 2.75) is 39.5 Å². The summed E-state index contributed by atoms with van der Waals surface area (Å²) >= 11 is 0. The molecule has 0 aliphatic carbocycles. The minimum Gasteiger partial charge on any atom is -0.309 e. The average Bonchev–Trinajstić information content (AvgIpc) is 2.16. The Morgan fingerprint density at radius 3 is 1.47 bits per heavy atom. The van der Waals surface area contributed by atoms with Crippen LogP contribution in [0.5, 0.6) is 0 Å². The quantitative estimate of drug-likeness (QED) is 0.443. The molecule has 104 valence electrons. The van der Waals surface area contributed by atoms with E-state index in [0.29, 0.717) is 13.2 Å². The molecule has 0 radical (unpaired) electrons. The first-order valence-electron chi connectivity index (χ1n) is 5.98. The second-order valence-electron chi connectivity index (χ2n) is 4.00. The van der Waals surface area contributed by atoms with Crippen LogP contribution >= 0.6 is 15.2 Å². The maximum atomic E-state index is 11.8. The van der Waals surface area contributed by atoms with Crippen molar-refractivity contribution in [1.29, 1.82) is 0 Å². The van der Waals surface area contributed by atoms with Crippen molar-refractivity contribution < 1.29 is 22.5 Å². The minimum atomic E-state index is -3.28. The van der Waals surface area contributed by atoms with Crippen LogP contribution in [0.15, 0.2) is 0 Å². The van der Waals surface area contributed by atoms with Gasteiger partial charge in [-0.05, 0) is 12.8 Å². The molecule has 2 atom stereocenters. The third-order valence-electron chi connectivity index (χ3n) is 1.94. The zero-order valence-corrected chi connectivity index (χ0v) is 13.0. The topological polar surface area (TPSA) is 61.8 Å². The lowest BCUT2D eigenvalue weighted by atomic mass is 10.4. The first-order valence-corrected chi connectivity index (χ1v) is 9.96. The molecule has 2 unspecified atom stereocenters. The van der Waals surface area contributed by atoms with Crippen molar-refractivity contribution in [3.8, 4) is 0 Å². The summed E-state index contributed by atoms with van der Waals surface area (Å²) in [4.78, 5) is 0. The molecule has 0 aromatic rings. The molecule has 0 saturated carbocycles. The summed E-state index contributed by atoms with van der Waals surface area (Å²) in [5.74, 6) is 0. The summed E-state index contributed by atoms with van der Waals surface area (Å²) in [6.45, 7) is 7.34. The molecule has 0 amide bonds. The largest absolute Gasteiger partial charge is 0.334 e. The van der Waals surface area contributed by atoms with E-state index in [1.165, 1.54) is 13.3 Å². The van der Waals surface area contributed by atoms with Crippen LogP contribution in [-0.4, -0.2) is 26.5 Å². The highest BCUT2D eigenvalue weighted by Crippen LogP contribution is 2.61. The number of hydrogen-bond donors (Lipinski definition) is 0. The van der Waals surface area contributed by atoms with Crippen LogP contribution in [0.25, 0.3) is 0 Å². The van der Waals surface area contributed by atoms with Gasteiger partial charge in [-0.2, -0.15) is 0 Å². The highest BCUT2D eigenvalue weighted by atomic mass is 31.3. The van der Waals surface area contributed by atoms with E-state index in [2.05, 4.69) is 0 Å². The Labute approximate surface area is 104 Å². The van der Waals surface area contributed by atoms with Crippen LogP contribution < -0.4 is 0 Å². The predicted octanol–water partition coefficient (Wildman–Crippen LogP) is 4.28. The molecule has 0 fully saturated rings. The average molecular weight is 286 g/mol. The third kappa shape index (κ3) is 9.99. The van der Waals surface area contributed by atoms with Gasteiger partial charge in [0.05, 0.1) is 13.2 Å². The van der Waals surface area contributed by atoms with E-state index in [-0.39, 0.29) is 0 Å². The zero-order chi connectivity index (χ0) is 13.4. The van der Waals surface area contributed by atoms with Crippen LogP contribution in [0, 0.1) is 0 Å². The van der Waals surface area contributed by atoms with Crippen molar-refractivity contribution >= 4 is 15.2 Å². The molecule has 0 saturated heterocycles. The van der Waals surface area contributed by atoms with Gasteiger partial charge in [0.1, 0.15) is 0 Å². The Bertz CT molecular complexity index is 264. The molecule has 0 spiro atoms. The molecular formula is C10H24O5P2. The fourth-order valence-corrected chi connectivity index (χ4v) is 4.52. The normalized spacial score (nSPS) is 18.6. The van der Waals surface area contributed by atoms with E-state index in [9.17, 15) is 9.13 Å². The SMILES string of the molecule is CCCCOP(C)(=O)OP(C)(=O)OCCCC. The third-order valence-corrected chi connectivity index (χ3v) is 5.62. The van der Waals surface area contributed by atoms with E-state index in [0.717, 1.165) is 25.7 Å². The van der Waals surface area contributed by atoms with Crippen LogP contribution in [0.3, 0.4) is 0 Å². The fourth-order valence-electron chi connectivity index (χ4n) is 1.07. The first kappa shape index (κ1) is 17.3. The van der Waals surface area contributed by atoms with Gasteiger partial charge in [-0.3, -0.25) is 9.13 Å². The summed E-state index contributed by atoms with van der Waals surface area (Å²) < 4.78 is 38.9. The van der Waals surface area contributed by atoms with Gasteiger partial charge in [0.2, 0.25) is 0 Å². The fraction of sp³-hybridized carbons (Fsp3) is 1.00. The highest BCUT2D eigenvalue weighted by Gasteiger charge is 2.29. The lowest BCUT2D eigenvalue weighted by Crippen LogP contribution is -1.98. The molecule has 0 bridgehead atoms. The van der Waals surface area contributed by atoms with Gasteiger partial charge in [0.15, 0.2) is 0 Å². The van der Waals surface area contributed by atoms with Gasteiger partial charge in [0.25, 0.3) is 0 Å². The van der Waals surface area contributed by atoms with Gasteiger partial charge in [-0.1, -0.05) is 26.7 Å². The second kappa shape index (κ2) is 8.44. The Kier molecular flexibility index (Phi) is 8.61. The van der Waals surface area contributed by atoms with Crippen LogP contribution in [0.1, 0.15) is 39.5 Å². The smallest absolute Gasteiger partial charge is 0.309 e. The van der Waals surface area contributed by atoms with Crippen LogP contribution in [0.4, 0.5) is 0 Å².